The fraction of sp³-hybridized carbons (Fsp3) is 0.250. The second kappa shape index (κ2) is 8.77. The minimum atomic E-state index is -0.128. The van der Waals surface area contributed by atoms with Crippen LogP contribution in [0.25, 0.3) is 6.08 Å². The van der Waals surface area contributed by atoms with Gasteiger partial charge < -0.3 is 14.8 Å². The van der Waals surface area contributed by atoms with Gasteiger partial charge in [0.2, 0.25) is 5.91 Å². The van der Waals surface area contributed by atoms with Crippen molar-refractivity contribution in [3.05, 3.63) is 65.7 Å². The zero-order chi connectivity index (χ0) is 17.4. The van der Waals surface area contributed by atoms with Crippen molar-refractivity contribution in [3.63, 3.8) is 0 Å². The highest BCUT2D eigenvalue weighted by molar-refractivity contribution is 5.92. The van der Waals surface area contributed by atoms with E-state index in [4.69, 9.17) is 9.47 Å². The second-order valence-electron chi connectivity index (χ2n) is 5.54. The first kappa shape index (κ1) is 17.6. The number of nitrogens with one attached hydrogen (secondary N) is 1. The minimum Gasteiger partial charge on any atom is -0.497 e. The molecule has 0 heterocycles. The summed E-state index contributed by atoms with van der Waals surface area (Å²) in [6.45, 7) is 1.98. The number of ether oxygens (including phenoxy) is 2. The summed E-state index contributed by atoms with van der Waals surface area (Å²) in [7, 11) is 3.26. The number of benzene rings is 2. The topological polar surface area (TPSA) is 47.6 Å². The van der Waals surface area contributed by atoms with E-state index in [1.807, 2.05) is 55.5 Å². The molecule has 4 heteroatoms. The number of para-hydroxylation sites is 1. The number of amides is 1. The van der Waals surface area contributed by atoms with Crippen LogP contribution in [0.15, 0.2) is 54.6 Å². The van der Waals surface area contributed by atoms with Crippen LogP contribution in [0.2, 0.25) is 0 Å². The molecule has 1 N–H and O–H groups in total. The van der Waals surface area contributed by atoms with Gasteiger partial charge in [-0.25, -0.2) is 0 Å². The molecule has 0 radical (unpaired) electrons. The first-order valence-corrected chi connectivity index (χ1v) is 7.87. The molecule has 1 amide bonds. The van der Waals surface area contributed by atoms with Gasteiger partial charge in [-0.2, -0.15) is 0 Å². The molecule has 0 aromatic heterocycles. The quantitative estimate of drug-likeness (QED) is 0.793. The molecule has 2 rings (SSSR count). The lowest BCUT2D eigenvalue weighted by molar-refractivity contribution is -0.117. The minimum absolute atomic E-state index is 0.0203. The third-order valence-electron chi connectivity index (χ3n) is 3.62. The Labute approximate surface area is 143 Å². The standard InChI is InChI=1S/C20H23NO3/c1-15(13-16-7-6-9-18(14-16)23-2)21-20(22)12-11-17-8-4-5-10-19(17)24-3/h4-12,14-15H,13H2,1-3H3,(H,21,22)/b12-11+. The summed E-state index contributed by atoms with van der Waals surface area (Å²) in [5, 5.41) is 2.97. The van der Waals surface area contributed by atoms with Gasteiger partial charge >= 0.3 is 0 Å². The second-order valence-corrected chi connectivity index (χ2v) is 5.54. The molecule has 2 aromatic carbocycles. The lowest BCUT2D eigenvalue weighted by atomic mass is 10.1. The lowest BCUT2D eigenvalue weighted by Crippen LogP contribution is -2.32. The Morgan fingerprint density at radius 1 is 1.12 bits per heavy atom. The maximum atomic E-state index is 12.1. The molecule has 1 atom stereocenters. The van der Waals surface area contributed by atoms with E-state index in [1.54, 1.807) is 20.3 Å². The van der Waals surface area contributed by atoms with Gasteiger partial charge in [0.05, 0.1) is 14.2 Å². The maximum Gasteiger partial charge on any atom is 0.244 e. The van der Waals surface area contributed by atoms with Crippen LogP contribution in [0.5, 0.6) is 11.5 Å². The van der Waals surface area contributed by atoms with Crippen LogP contribution in [0, 0.1) is 0 Å². The van der Waals surface area contributed by atoms with Crippen molar-refractivity contribution in [2.75, 3.05) is 14.2 Å². The molecule has 24 heavy (non-hydrogen) atoms. The van der Waals surface area contributed by atoms with Gasteiger partial charge in [0, 0.05) is 17.7 Å². The van der Waals surface area contributed by atoms with Crippen molar-refractivity contribution in [1.29, 1.82) is 0 Å². The van der Waals surface area contributed by atoms with Crippen LogP contribution in [-0.4, -0.2) is 26.2 Å². The Morgan fingerprint density at radius 2 is 1.92 bits per heavy atom. The van der Waals surface area contributed by atoms with Gasteiger partial charge in [-0.15, -0.1) is 0 Å². The lowest BCUT2D eigenvalue weighted by Gasteiger charge is -2.13. The molecule has 2 aromatic rings. The summed E-state index contributed by atoms with van der Waals surface area (Å²) in [5.41, 5.74) is 1.99. The maximum absolute atomic E-state index is 12.1. The van der Waals surface area contributed by atoms with Crippen LogP contribution in [-0.2, 0) is 11.2 Å². The van der Waals surface area contributed by atoms with Crippen LogP contribution in [0.3, 0.4) is 0 Å². The molecule has 0 aliphatic heterocycles. The first-order valence-electron chi connectivity index (χ1n) is 7.87. The number of hydrogen-bond acceptors (Lipinski definition) is 3. The van der Waals surface area contributed by atoms with Crippen LogP contribution < -0.4 is 14.8 Å². The van der Waals surface area contributed by atoms with Crippen molar-refractivity contribution in [2.24, 2.45) is 0 Å². The third kappa shape index (κ3) is 5.16. The van der Waals surface area contributed by atoms with E-state index in [0.29, 0.717) is 0 Å². The van der Waals surface area contributed by atoms with E-state index in [2.05, 4.69) is 5.32 Å². The Bertz CT molecular complexity index is 710. The summed E-state index contributed by atoms with van der Waals surface area (Å²) in [5.74, 6) is 1.43. The van der Waals surface area contributed by atoms with Gasteiger partial charge in [0.1, 0.15) is 11.5 Å². The predicted molar refractivity (Wildman–Crippen MR) is 96.3 cm³/mol. The summed E-state index contributed by atoms with van der Waals surface area (Å²) in [6.07, 6.45) is 4.03. The number of hydrogen-bond donors (Lipinski definition) is 1. The molecule has 0 aliphatic carbocycles. The van der Waals surface area contributed by atoms with E-state index < -0.39 is 0 Å². The fourth-order valence-electron chi connectivity index (χ4n) is 2.46. The van der Waals surface area contributed by atoms with E-state index in [1.165, 1.54) is 6.08 Å². The molecule has 4 nitrogen and oxygen atoms in total. The van der Waals surface area contributed by atoms with E-state index in [9.17, 15) is 4.79 Å². The smallest absolute Gasteiger partial charge is 0.244 e. The highest BCUT2D eigenvalue weighted by Crippen LogP contribution is 2.18. The molecular formula is C20H23NO3. The van der Waals surface area contributed by atoms with Crippen molar-refractivity contribution < 1.29 is 14.3 Å². The van der Waals surface area contributed by atoms with Gasteiger partial charge in [0.25, 0.3) is 0 Å². The van der Waals surface area contributed by atoms with Crippen molar-refractivity contribution in [3.8, 4) is 11.5 Å². The van der Waals surface area contributed by atoms with E-state index in [-0.39, 0.29) is 11.9 Å². The molecule has 0 aliphatic rings. The summed E-state index contributed by atoms with van der Waals surface area (Å²) in [4.78, 5) is 12.1. The summed E-state index contributed by atoms with van der Waals surface area (Å²) >= 11 is 0. The van der Waals surface area contributed by atoms with Gasteiger partial charge in [0.15, 0.2) is 0 Å². The molecule has 0 saturated carbocycles. The van der Waals surface area contributed by atoms with E-state index in [0.717, 1.165) is 29.0 Å². The van der Waals surface area contributed by atoms with Crippen molar-refractivity contribution in [2.45, 2.75) is 19.4 Å². The molecular weight excluding hydrogens is 302 g/mol. The molecule has 126 valence electrons. The predicted octanol–water partition coefficient (Wildman–Crippen LogP) is 3.46. The van der Waals surface area contributed by atoms with Gasteiger partial charge in [-0.05, 0) is 43.2 Å². The normalized spacial score (nSPS) is 12.0. The zero-order valence-corrected chi connectivity index (χ0v) is 14.3. The molecule has 0 saturated heterocycles. The monoisotopic (exact) mass is 325 g/mol. The summed E-state index contributed by atoms with van der Waals surface area (Å²) < 4.78 is 10.5. The number of carbonyl (C=O) groups is 1. The highest BCUT2D eigenvalue weighted by atomic mass is 16.5. The fourth-order valence-corrected chi connectivity index (χ4v) is 2.46. The number of carbonyl (C=O) groups excluding carboxylic acids is 1. The third-order valence-corrected chi connectivity index (χ3v) is 3.62. The van der Waals surface area contributed by atoms with Crippen LogP contribution in [0.1, 0.15) is 18.1 Å². The molecule has 1 unspecified atom stereocenters. The van der Waals surface area contributed by atoms with Crippen molar-refractivity contribution in [1.82, 2.24) is 5.32 Å². The largest absolute Gasteiger partial charge is 0.497 e. The zero-order valence-electron chi connectivity index (χ0n) is 14.3. The number of rotatable bonds is 7. The van der Waals surface area contributed by atoms with Gasteiger partial charge in [-0.3, -0.25) is 4.79 Å². The van der Waals surface area contributed by atoms with Gasteiger partial charge in [-0.1, -0.05) is 30.3 Å². The Hall–Kier alpha value is -2.75. The Balaban J connectivity index is 1.92. The average Bonchev–Trinajstić information content (AvgIpc) is 2.60. The first-order chi connectivity index (χ1) is 11.6. The molecule has 0 fully saturated rings. The van der Waals surface area contributed by atoms with Crippen molar-refractivity contribution >= 4 is 12.0 Å². The Kier molecular flexibility index (Phi) is 6.43. The van der Waals surface area contributed by atoms with Crippen LogP contribution in [0.4, 0.5) is 0 Å². The average molecular weight is 325 g/mol. The SMILES string of the molecule is COc1cccc(CC(C)NC(=O)/C=C/c2ccccc2OC)c1. The number of methoxy groups -OCH3 is 2. The molecule has 0 spiro atoms. The van der Waals surface area contributed by atoms with Crippen LogP contribution >= 0.6 is 0 Å². The summed E-state index contributed by atoms with van der Waals surface area (Å²) in [6, 6.07) is 15.5. The van der Waals surface area contributed by atoms with E-state index >= 15 is 0 Å². The molecule has 0 bridgehead atoms. The Morgan fingerprint density at radius 3 is 2.67 bits per heavy atom. The highest BCUT2D eigenvalue weighted by Gasteiger charge is 2.07.